The minimum atomic E-state index is -4.63. The molecule has 2 aromatic heterocycles. The molecule has 2 heterocycles. The summed E-state index contributed by atoms with van der Waals surface area (Å²) in [7, 11) is 1.19. The molecule has 0 saturated carbocycles. The second kappa shape index (κ2) is 12.1. The van der Waals surface area contributed by atoms with Gasteiger partial charge in [-0.15, -0.1) is 0 Å². The van der Waals surface area contributed by atoms with Crippen LogP contribution in [0, 0.1) is 11.8 Å². The molecular formula is C22H30F3N3O3. The van der Waals surface area contributed by atoms with Gasteiger partial charge in [-0.25, -0.2) is 14.8 Å². The van der Waals surface area contributed by atoms with Crippen molar-refractivity contribution >= 4 is 11.9 Å². The topological polar surface area (TPSA) is 73.3 Å². The van der Waals surface area contributed by atoms with Gasteiger partial charge in [0, 0.05) is 18.0 Å². The molecular weight excluding hydrogens is 411 g/mol. The number of nitrogens with zero attached hydrogens (tertiary/aromatic N) is 2. The summed E-state index contributed by atoms with van der Waals surface area (Å²) < 4.78 is 50.6. The summed E-state index contributed by atoms with van der Waals surface area (Å²) in [6.45, 7) is 10.2. The van der Waals surface area contributed by atoms with E-state index in [-0.39, 0.29) is 23.9 Å². The van der Waals surface area contributed by atoms with Crippen molar-refractivity contribution in [2.24, 2.45) is 11.8 Å². The average molecular weight is 441 g/mol. The maximum Gasteiger partial charge on any atom is 0.421 e. The third-order valence-corrected chi connectivity index (χ3v) is 4.04. The number of halogens is 3. The summed E-state index contributed by atoms with van der Waals surface area (Å²) in [5.74, 6) is 0.222. The molecule has 2 rings (SSSR count). The maximum atomic E-state index is 13.6. The Balaban J connectivity index is 0.00000233. The van der Waals surface area contributed by atoms with Gasteiger partial charge < -0.3 is 9.47 Å². The predicted octanol–water partition coefficient (Wildman–Crippen LogP) is 6.43. The Morgan fingerprint density at radius 2 is 1.81 bits per heavy atom. The van der Waals surface area contributed by atoms with Gasteiger partial charge in [0.05, 0.1) is 13.7 Å². The SMILES string of the molecule is CC.COC(=O)Nc1cc(-c2cnc(OCC(C)CC(C)C)c(C(F)(F)F)c2)ccn1. The monoisotopic (exact) mass is 441 g/mol. The zero-order valence-corrected chi connectivity index (χ0v) is 18.7. The third-order valence-electron chi connectivity index (χ3n) is 4.04. The maximum absolute atomic E-state index is 13.6. The number of hydrogen-bond acceptors (Lipinski definition) is 5. The van der Waals surface area contributed by atoms with Crippen molar-refractivity contribution in [3.05, 3.63) is 36.2 Å². The lowest BCUT2D eigenvalue weighted by Crippen LogP contribution is -2.15. The van der Waals surface area contributed by atoms with Gasteiger partial charge in [-0.3, -0.25) is 5.32 Å². The second-order valence-corrected chi connectivity index (χ2v) is 7.17. The Morgan fingerprint density at radius 3 is 2.39 bits per heavy atom. The zero-order chi connectivity index (χ0) is 23.6. The molecule has 1 unspecified atom stereocenters. The number of rotatable bonds is 7. The van der Waals surface area contributed by atoms with Crippen LogP contribution in [-0.4, -0.2) is 29.8 Å². The smallest absolute Gasteiger partial charge is 0.421 e. The number of methoxy groups -OCH3 is 1. The van der Waals surface area contributed by atoms with E-state index in [1.54, 1.807) is 0 Å². The lowest BCUT2D eigenvalue weighted by molar-refractivity contribution is -0.139. The average Bonchev–Trinajstić information content (AvgIpc) is 2.72. The summed E-state index contributed by atoms with van der Waals surface area (Å²) in [6.07, 6.45) is -1.85. The van der Waals surface area contributed by atoms with Gasteiger partial charge in [-0.05, 0) is 42.0 Å². The third kappa shape index (κ3) is 8.43. The summed E-state index contributed by atoms with van der Waals surface area (Å²) in [5, 5.41) is 2.37. The van der Waals surface area contributed by atoms with E-state index in [2.05, 4.69) is 20.0 Å². The molecule has 1 amide bonds. The highest BCUT2D eigenvalue weighted by molar-refractivity contribution is 5.84. The number of aromatic nitrogens is 2. The van der Waals surface area contributed by atoms with Crippen molar-refractivity contribution in [3.63, 3.8) is 0 Å². The van der Waals surface area contributed by atoms with Crippen LogP contribution in [0.15, 0.2) is 30.6 Å². The fourth-order valence-electron chi connectivity index (χ4n) is 2.86. The van der Waals surface area contributed by atoms with E-state index in [9.17, 15) is 18.0 Å². The Kier molecular flexibility index (Phi) is 10.2. The number of amides is 1. The van der Waals surface area contributed by atoms with Gasteiger partial charge in [-0.2, -0.15) is 13.2 Å². The van der Waals surface area contributed by atoms with Crippen LogP contribution in [0.3, 0.4) is 0 Å². The van der Waals surface area contributed by atoms with E-state index < -0.39 is 23.7 Å². The van der Waals surface area contributed by atoms with Crippen molar-refractivity contribution in [2.45, 2.75) is 47.2 Å². The van der Waals surface area contributed by atoms with E-state index in [1.807, 2.05) is 34.6 Å². The molecule has 1 atom stereocenters. The van der Waals surface area contributed by atoms with Crippen LogP contribution >= 0.6 is 0 Å². The number of anilines is 1. The van der Waals surface area contributed by atoms with Crippen molar-refractivity contribution in [3.8, 4) is 17.0 Å². The molecule has 172 valence electrons. The Labute approximate surface area is 181 Å². The second-order valence-electron chi connectivity index (χ2n) is 7.17. The quantitative estimate of drug-likeness (QED) is 0.536. The van der Waals surface area contributed by atoms with Crippen LogP contribution < -0.4 is 10.1 Å². The number of alkyl halides is 3. The zero-order valence-electron chi connectivity index (χ0n) is 18.7. The van der Waals surface area contributed by atoms with E-state index in [0.717, 1.165) is 12.5 Å². The fraction of sp³-hybridized carbons (Fsp3) is 0.500. The Hall–Kier alpha value is -2.84. The molecule has 1 N–H and O–H groups in total. The van der Waals surface area contributed by atoms with E-state index in [0.29, 0.717) is 11.5 Å². The molecule has 31 heavy (non-hydrogen) atoms. The predicted molar refractivity (Wildman–Crippen MR) is 114 cm³/mol. The molecule has 0 radical (unpaired) electrons. The summed E-state index contributed by atoms with van der Waals surface area (Å²) in [5.41, 5.74) is -0.328. The molecule has 0 aromatic carbocycles. The number of nitrogens with one attached hydrogen (secondary N) is 1. The highest BCUT2D eigenvalue weighted by Gasteiger charge is 2.36. The number of carbonyl (C=O) groups is 1. The molecule has 0 bridgehead atoms. The number of hydrogen-bond donors (Lipinski definition) is 1. The van der Waals surface area contributed by atoms with Crippen molar-refractivity contribution < 1.29 is 27.4 Å². The van der Waals surface area contributed by atoms with Gasteiger partial charge in [-0.1, -0.05) is 34.6 Å². The normalized spacial score (nSPS) is 11.9. The van der Waals surface area contributed by atoms with Gasteiger partial charge in [0.1, 0.15) is 11.4 Å². The van der Waals surface area contributed by atoms with Crippen LogP contribution in [-0.2, 0) is 10.9 Å². The first kappa shape index (κ1) is 26.2. The van der Waals surface area contributed by atoms with Gasteiger partial charge in [0.2, 0.25) is 5.88 Å². The highest BCUT2D eigenvalue weighted by atomic mass is 19.4. The van der Waals surface area contributed by atoms with Gasteiger partial charge in [0.25, 0.3) is 0 Å². The Bertz CT molecular complexity index is 842. The lowest BCUT2D eigenvalue weighted by atomic mass is 10.00. The molecule has 0 aliphatic rings. The first-order valence-electron chi connectivity index (χ1n) is 10.1. The van der Waals surface area contributed by atoms with E-state index in [4.69, 9.17) is 4.74 Å². The first-order valence-corrected chi connectivity index (χ1v) is 10.1. The number of carbonyl (C=O) groups excluding carboxylic acids is 1. The molecule has 0 aliphatic heterocycles. The van der Waals surface area contributed by atoms with Gasteiger partial charge in [0.15, 0.2) is 0 Å². The summed E-state index contributed by atoms with van der Waals surface area (Å²) in [4.78, 5) is 19.1. The summed E-state index contributed by atoms with van der Waals surface area (Å²) in [6, 6.07) is 3.93. The first-order chi connectivity index (χ1) is 14.6. The standard InChI is InChI=1S/C20H24F3N3O3.C2H6/c1-12(2)7-13(3)11-29-18-16(20(21,22)23)8-15(10-25-18)14-5-6-24-17(9-14)26-19(27)28-4;1-2/h5-6,8-10,12-13H,7,11H2,1-4H3,(H,24,26,27);1-2H3. The van der Waals surface area contributed by atoms with Crippen LogP contribution in [0.25, 0.3) is 11.1 Å². The van der Waals surface area contributed by atoms with Crippen molar-refractivity contribution in [1.82, 2.24) is 9.97 Å². The molecule has 0 spiro atoms. The molecule has 2 aromatic rings. The number of ether oxygens (including phenoxy) is 2. The minimum Gasteiger partial charge on any atom is -0.477 e. The fourth-order valence-corrected chi connectivity index (χ4v) is 2.86. The van der Waals surface area contributed by atoms with Crippen molar-refractivity contribution in [2.75, 3.05) is 19.0 Å². The molecule has 9 heteroatoms. The molecule has 0 fully saturated rings. The number of pyridine rings is 2. The van der Waals surface area contributed by atoms with Gasteiger partial charge >= 0.3 is 12.3 Å². The van der Waals surface area contributed by atoms with Crippen LogP contribution in [0.2, 0.25) is 0 Å². The lowest BCUT2D eigenvalue weighted by Gasteiger charge is -2.18. The van der Waals surface area contributed by atoms with Crippen LogP contribution in [0.4, 0.5) is 23.8 Å². The molecule has 0 saturated heterocycles. The highest BCUT2D eigenvalue weighted by Crippen LogP contribution is 2.37. The molecule has 6 nitrogen and oxygen atoms in total. The van der Waals surface area contributed by atoms with E-state index >= 15 is 0 Å². The Morgan fingerprint density at radius 1 is 1.13 bits per heavy atom. The van der Waals surface area contributed by atoms with Crippen LogP contribution in [0.5, 0.6) is 5.88 Å². The van der Waals surface area contributed by atoms with E-state index in [1.165, 1.54) is 31.6 Å². The van der Waals surface area contributed by atoms with Crippen molar-refractivity contribution in [1.29, 1.82) is 0 Å². The molecule has 0 aliphatic carbocycles. The summed E-state index contributed by atoms with van der Waals surface area (Å²) >= 11 is 0. The largest absolute Gasteiger partial charge is 0.477 e. The van der Waals surface area contributed by atoms with Crippen LogP contribution in [0.1, 0.15) is 46.6 Å². The minimum absolute atomic E-state index is 0.102.